The number of anilines is 2. The molecule has 0 fully saturated rings. The van der Waals surface area contributed by atoms with Gasteiger partial charge in [-0.1, -0.05) is 0 Å². The molecule has 2 aromatic rings. The largest absolute Gasteiger partial charge is 0.478 e. The van der Waals surface area contributed by atoms with Crippen molar-refractivity contribution in [1.29, 1.82) is 0 Å². The summed E-state index contributed by atoms with van der Waals surface area (Å²) in [5, 5.41) is 26.9. The average Bonchev–Trinajstić information content (AvgIpc) is 2.67. The molecule has 8 nitrogen and oxygen atoms in total. The second-order valence-corrected chi connectivity index (χ2v) is 4.21. The van der Waals surface area contributed by atoms with Gasteiger partial charge in [0.25, 0.3) is 5.69 Å². The highest BCUT2D eigenvalue weighted by Crippen LogP contribution is 2.26. The fourth-order valence-corrected chi connectivity index (χ4v) is 1.80. The monoisotopic (exact) mass is 276 g/mol. The predicted molar refractivity (Wildman–Crippen MR) is 71.3 cm³/mol. The zero-order valence-corrected chi connectivity index (χ0v) is 10.8. The number of nitrogens with zero attached hydrogens (tertiary/aromatic N) is 3. The molecule has 0 aliphatic heterocycles. The quantitative estimate of drug-likeness (QED) is 0.653. The molecule has 0 saturated carbocycles. The molecule has 0 unspecified atom stereocenters. The van der Waals surface area contributed by atoms with E-state index in [4.69, 9.17) is 5.11 Å². The molecule has 0 aliphatic rings. The van der Waals surface area contributed by atoms with E-state index in [1.165, 1.54) is 16.8 Å². The lowest BCUT2D eigenvalue weighted by atomic mass is 10.1. The summed E-state index contributed by atoms with van der Waals surface area (Å²) in [5.74, 6) is -0.619. The summed E-state index contributed by atoms with van der Waals surface area (Å²) in [6.45, 7) is 1.79. The fourth-order valence-electron chi connectivity index (χ4n) is 1.80. The Morgan fingerprint density at radius 3 is 2.65 bits per heavy atom. The summed E-state index contributed by atoms with van der Waals surface area (Å²) in [7, 11) is 1.69. The van der Waals surface area contributed by atoms with Gasteiger partial charge in [0.05, 0.1) is 21.9 Å². The Hall–Kier alpha value is -2.90. The lowest BCUT2D eigenvalue weighted by molar-refractivity contribution is -0.384. The van der Waals surface area contributed by atoms with Crippen molar-refractivity contribution in [3.05, 3.63) is 45.6 Å². The van der Waals surface area contributed by atoms with Gasteiger partial charge >= 0.3 is 5.97 Å². The van der Waals surface area contributed by atoms with Gasteiger partial charge in [0.15, 0.2) is 0 Å². The molecule has 0 atom stereocenters. The van der Waals surface area contributed by atoms with Gasteiger partial charge < -0.3 is 10.4 Å². The van der Waals surface area contributed by atoms with Crippen molar-refractivity contribution in [3.8, 4) is 0 Å². The number of aryl methyl sites for hydroxylation is 2. The van der Waals surface area contributed by atoms with Crippen LogP contribution in [0.4, 0.5) is 17.2 Å². The molecule has 0 aliphatic carbocycles. The molecule has 104 valence electrons. The van der Waals surface area contributed by atoms with E-state index in [2.05, 4.69) is 10.4 Å². The number of hydrogen-bond donors (Lipinski definition) is 2. The van der Waals surface area contributed by atoms with Crippen molar-refractivity contribution in [2.75, 3.05) is 5.32 Å². The third-order valence-electron chi connectivity index (χ3n) is 2.71. The Labute approximate surface area is 113 Å². The molecule has 0 spiro atoms. The molecule has 1 heterocycles. The maximum absolute atomic E-state index is 11.2. The molecule has 20 heavy (non-hydrogen) atoms. The molecule has 1 aromatic carbocycles. The first-order valence-corrected chi connectivity index (χ1v) is 5.68. The smallest absolute Gasteiger partial charge is 0.337 e. The van der Waals surface area contributed by atoms with Crippen molar-refractivity contribution in [2.24, 2.45) is 7.05 Å². The van der Waals surface area contributed by atoms with Crippen LogP contribution in [0.3, 0.4) is 0 Å². The third-order valence-corrected chi connectivity index (χ3v) is 2.71. The summed E-state index contributed by atoms with van der Waals surface area (Å²) in [6.07, 6.45) is 0. The maximum Gasteiger partial charge on any atom is 0.337 e. The van der Waals surface area contributed by atoms with E-state index < -0.39 is 10.9 Å². The first-order valence-electron chi connectivity index (χ1n) is 5.68. The van der Waals surface area contributed by atoms with Crippen LogP contribution in [0.15, 0.2) is 24.3 Å². The summed E-state index contributed by atoms with van der Waals surface area (Å²) in [6, 6.07) is 5.26. The highest BCUT2D eigenvalue weighted by molar-refractivity contribution is 5.95. The third kappa shape index (κ3) is 2.58. The molecule has 0 bridgehead atoms. The Kier molecular flexibility index (Phi) is 3.38. The zero-order chi connectivity index (χ0) is 14.9. The number of carbonyl (C=O) groups is 1. The number of nitrogens with one attached hydrogen (secondary N) is 1. The number of hydrogen-bond acceptors (Lipinski definition) is 5. The number of benzene rings is 1. The van der Waals surface area contributed by atoms with E-state index in [9.17, 15) is 14.9 Å². The number of aromatic nitrogens is 2. The summed E-state index contributed by atoms with van der Waals surface area (Å²) in [4.78, 5) is 21.3. The number of non-ortho nitro benzene ring substituents is 1. The van der Waals surface area contributed by atoms with Gasteiger partial charge in [-0.3, -0.25) is 14.8 Å². The summed E-state index contributed by atoms with van der Waals surface area (Å²) in [5.41, 5.74) is 0.665. The van der Waals surface area contributed by atoms with Gasteiger partial charge in [-0.25, -0.2) is 4.79 Å². The maximum atomic E-state index is 11.2. The minimum absolute atomic E-state index is 0.0468. The number of nitro groups is 1. The molecule has 0 amide bonds. The highest BCUT2D eigenvalue weighted by Gasteiger charge is 2.16. The van der Waals surface area contributed by atoms with Crippen molar-refractivity contribution in [1.82, 2.24) is 9.78 Å². The van der Waals surface area contributed by atoms with Gasteiger partial charge in [0.1, 0.15) is 5.82 Å². The van der Waals surface area contributed by atoms with Crippen molar-refractivity contribution >= 4 is 23.2 Å². The molecule has 8 heteroatoms. The first kappa shape index (κ1) is 13.5. The molecule has 1 aromatic heterocycles. The normalized spacial score (nSPS) is 10.3. The number of carboxylic acid groups (broad SMARTS) is 1. The van der Waals surface area contributed by atoms with Crippen LogP contribution in [0.25, 0.3) is 0 Å². The Balaban J connectivity index is 2.47. The highest BCUT2D eigenvalue weighted by atomic mass is 16.6. The lowest BCUT2D eigenvalue weighted by Gasteiger charge is -2.09. The molecule has 0 saturated heterocycles. The van der Waals surface area contributed by atoms with Gasteiger partial charge in [-0.2, -0.15) is 5.10 Å². The van der Waals surface area contributed by atoms with E-state index in [1.807, 2.05) is 0 Å². The van der Waals surface area contributed by atoms with E-state index >= 15 is 0 Å². The second kappa shape index (κ2) is 5.00. The van der Waals surface area contributed by atoms with E-state index in [-0.39, 0.29) is 16.9 Å². The van der Waals surface area contributed by atoms with E-state index in [0.29, 0.717) is 5.82 Å². The van der Waals surface area contributed by atoms with Crippen molar-refractivity contribution in [3.63, 3.8) is 0 Å². The van der Waals surface area contributed by atoms with Gasteiger partial charge in [0, 0.05) is 25.2 Å². The number of rotatable bonds is 4. The number of carboxylic acids is 1. The van der Waals surface area contributed by atoms with Crippen LogP contribution in [0.1, 0.15) is 16.1 Å². The van der Waals surface area contributed by atoms with Crippen LogP contribution in [0, 0.1) is 17.0 Å². The summed E-state index contributed by atoms with van der Waals surface area (Å²) < 4.78 is 1.53. The van der Waals surface area contributed by atoms with Crippen LogP contribution in [-0.4, -0.2) is 25.8 Å². The first-order chi connectivity index (χ1) is 9.38. The van der Waals surface area contributed by atoms with Crippen LogP contribution in [0.2, 0.25) is 0 Å². The molecule has 2 rings (SSSR count). The van der Waals surface area contributed by atoms with Crippen LogP contribution in [-0.2, 0) is 7.05 Å². The van der Waals surface area contributed by atoms with Crippen molar-refractivity contribution in [2.45, 2.75) is 6.92 Å². The van der Waals surface area contributed by atoms with E-state index in [0.717, 1.165) is 11.8 Å². The van der Waals surface area contributed by atoms with Crippen LogP contribution < -0.4 is 5.32 Å². The van der Waals surface area contributed by atoms with Crippen LogP contribution >= 0.6 is 0 Å². The second-order valence-electron chi connectivity index (χ2n) is 4.21. The van der Waals surface area contributed by atoms with Gasteiger partial charge in [-0.15, -0.1) is 0 Å². The minimum atomic E-state index is -1.17. The predicted octanol–water partition coefficient (Wildman–Crippen LogP) is 2.08. The summed E-state index contributed by atoms with van der Waals surface area (Å²) >= 11 is 0. The Morgan fingerprint density at radius 2 is 2.15 bits per heavy atom. The molecule has 0 radical (unpaired) electrons. The van der Waals surface area contributed by atoms with Gasteiger partial charge in [-0.05, 0) is 13.0 Å². The SMILES string of the molecule is Cc1cc(Nc2cc([N+](=O)[O-])ccc2C(=O)O)n(C)n1. The standard InChI is InChI=1S/C12H12N4O4/c1-7-5-11(15(2)14-7)13-10-6-8(16(19)20)3-4-9(10)12(17)18/h3-6,13H,1-2H3,(H,17,18). The molecule has 2 N–H and O–H groups in total. The minimum Gasteiger partial charge on any atom is -0.478 e. The average molecular weight is 276 g/mol. The lowest BCUT2D eigenvalue weighted by Crippen LogP contribution is -2.06. The Morgan fingerprint density at radius 1 is 1.45 bits per heavy atom. The molecular formula is C12H12N4O4. The van der Waals surface area contributed by atoms with Crippen molar-refractivity contribution < 1.29 is 14.8 Å². The zero-order valence-electron chi connectivity index (χ0n) is 10.8. The topological polar surface area (TPSA) is 110 Å². The number of aromatic carboxylic acids is 1. The number of nitro benzene ring substituents is 1. The fraction of sp³-hybridized carbons (Fsp3) is 0.167. The van der Waals surface area contributed by atoms with Crippen LogP contribution in [0.5, 0.6) is 0 Å². The molecular weight excluding hydrogens is 264 g/mol. The van der Waals surface area contributed by atoms with E-state index in [1.54, 1.807) is 20.0 Å². The van der Waals surface area contributed by atoms with Gasteiger partial charge in [0.2, 0.25) is 0 Å². The Bertz CT molecular complexity index is 693.